The Morgan fingerprint density at radius 3 is 2.59 bits per heavy atom. The van der Waals surface area contributed by atoms with Crippen LogP contribution >= 0.6 is 24.0 Å². The van der Waals surface area contributed by atoms with Gasteiger partial charge >= 0.3 is 0 Å². The van der Waals surface area contributed by atoms with Crippen LogP contribution in [0, 0.1) is 0 Å². The molecule has 6 heteroatoms. The largest absolute Gasteiger partial charge is 0.355 e. The van der Waals surface area contributed by atoms with Gasteiger partial charge in [-0.3, -0.25) is 9.89 Å². The third-order valence-electron chi connectivity index (χ3n) is 4.46. The van der Waals surface area contributed by atoms with E-state index in [0.29, 0.717) is 0 Å². The van der Waals surface area contributed by atoms with Crippen LogP contribution in [0.4, 0.5) is 0 Å². The molecule has 2 N–H and O–H groups in total. The number of nitrogens with zero attached hydrogens (tertiary/aromatic N) is 3. The third kappa shape index (κ3) is 8.53. The number of hydrogen-bond donors (Lipinski definition) is 2. The summed E-state index contributed by atoms with van der Waals surface area (Å²) in [6.45, 7) is 10.9. The zero-order valence-corrected chi connectivity index (χ0v) is 17.2. The molecule has 22 heavy (non-hydrogen) atoms. The fourth-order valence-electron chi connectivity index (χ4n) is 2.88. The predicted octanol–water partition coefficient (Wildman–Crippen LogP) is 1.99. The maximum atomic E-state index is 4.29. The van der Waals surface area contributed by atoms with Gasteiger partial charge < -0.3 is 15.5 Å². The maximum absolute atomic E-state index is 4.29. The Hall–Kier alpha value is -0.0800. The number of piperidine rings is 1. The van der Waals surface area contributed by atoms with Gasteiger partial charge in [-0.2, -0.15) is 0 Å². The van der Waals surface area contributed by atoms with Crippen molar-refractivity contribution in [3.05, 3.63) is 0 Å². The Labute approximate surface area is 154 Å². The van der Waals surface area contributed by atoms with Crippen molar-refractivity contribution >= 4 is 29.9 Å². The lowest BCUT2D eigenvalue weighted by Crippen LogP contribution is -2.46. The van der Waals surface area contributed by atoms with Crippen molar-refractivity contribution < 1.29 is 0 Å². The molecular weight excluding hydrogens is 389 g/mol. The average molecular weight is 425 g/mol. The molecule has 1 aliphatic heterocycles. The summed E-state index contributed by atoms with van der Waals surface area (Å²) in [5.74, 6) is 0.921. The van der Waals surface area contributed by atoms with Crippen LogP contribution < -0.4 is 10.6 Å². The lowest BCUT2D eigenvalue weighted by atomic mass is 10.0. The van der Waals surface area contributed by atoms with Gasteiger partial charge in [-0.25, -0.2) is 0 Å². The van der Waals surface area contributed by atoms with Gasteiger partial charge in [0.2, 0.25) is 0 Å². The Bertz CT molecular complexity index is 298. The summed E-state index contributed by atoms with van der Waals surface area (Å²) < 4.78 is 0. The first-order valence-electron chi connectivity index (χ1n) is 8.58. The van der Waals surface area contributed by atoms with Gasteiger partial charge in [0.1, 0.15) is 0 Å². The van der Waals surface area contributed by atoms with Crippen molar-refractivity contribution in [2.75, 3.05) is 53.4 Å². The van der Waals surface area contributed by atoms with Crippen LogP contribution in [0.25, 0.3) is 0 Å². The second-order valence-electron chi connectivity index (χ2n) is 5.92. The topological polar surface area (TPSA) is 42.9 Å². The maximum Gasteiger partial charge on any atom is 0.191 e. The fraction of sp³-hybridized carbons (Fsp3) is 0.938. The minimum Gasteiger partial charge on any atom is -0.355 e. The molecule has 0 aliphatic carbocycles. The molecule has 0 radical (unpaired) electrons. The quantitative estimate of drug-likeness (QED) is 0.355. The number of hydrogen-bond acceptors (Lipinski definition) is 3. The number of aliphatic imine (C=N–C) groups is 1. The molecule has 132 valence electrons. The highest BCUT2D eigenvalue weighted by Gasteiger charge is 2.19. The van der Waals surface area contributed by atoms with Crippen LogP contribution in [0.1, 0.15) is 39.5 Å². The molecule has 1 aliphatic rings. The summed E-state index contributed by atoms with van der Waals surface area (Å²) in [5.41, 5.74) is 0. The van der Waals surface area contributed by atoms with Gasteiger partial charge in [0.05, 0.1) is 0 Å². The molecule has 0 aromatic carbocycles. The van der Waals surface area contributed by atoms with E-state index in [1.165, 1.54) is 32.2 Å². The molecule has 0 aromatic rings. The Balaban J connectivity index is 0.00000441. The summed E-state index contributed by atoms with van der Waals surface area (Å²) in [6.07, 6.45) is 5.40. The molecule has 1 saturated heterocycles. The molecule has 1 fully saturated rings. The number of guanidine groups is 1. The highest BCUT2D eigenvalue weighted by atomic mass is 127. The molecule has 1 unspecified atom stereocenters. The second kappa shape index (κ2) is 13.4. The van der Waals surface area contributed by atoms with E-state index < -0.39 is 0 Å². The number of rotatable bonds is 8. The van der Waals surface area contributed by atoms with Gasteiger partial charge in [0.25, 0.3) is 0 Å². The highest BCUT2D eigenvalue weighted by Crippen LogP contribution is 2.18. The number of nitrogens with one attached hydrogen (secondary N) is 2. The summed E-state index contributed by atoms with van der Waals surface area (Å²) in [6, 6.07) is 0.786. The van der Waals surface area contributed by atoms with Crippen LogP contribution in [0.15, 0.2) is 4.99 Å². The summed E-state index contributed by atoms with van der Waals surface area (Å²) >= 11 is 0. The smallest absolute Gasteiger partial charge is 0.191 e. The van der Waals surface area contributed by atoms with Crippen molar-refractivity contribution in [1.82, 2.24) is 20.4 Å². The predicted molar refractivity (Wildman–Crippen MR) is 107 cm³/mol. The molecule has 0 saturated carbocycles. The number of likely N-dealkylation sites (N-methyl/N-ethyl adjacent to an activating group) is 1. The SMILES string of the molecule is CCC1CCCCN1CCNC(=NC)NCCN(C)CC.I. The van der Waals surface area contributed by atoms with Crippen molar-refractivity contribution in [3.63, 3.8) is 0 Å². The van der Waals surface area contributed by atoms with Crippen LogP contribution in [-0.2, 0) is 0 Å². The summed E-state index contributed by atoms with van der Waals surface area (Å²) in [7, 11) is 3.98. The number of halogens is 1. The molecule has 0 amide bonds. The Kier molecular flexibility index (Phi) is 13.3. The molecule has 1 heterocycles. The van der Waals surface area contributed by atoms with E-state index in [9.17, 15) is 0 Å². The zero-order valence-electron chi connectivity index (χ0n) is 14.9. The minimum absolute atomic E-state index is 0. The highest BCUT2D eigenvalue weighted by molar-refractivity contribution is 14.0. The van der Waals surface area contributed by atoms with E-state index in [0.717, 1.165) is 44.7 Å². The standard InChI is InChI=1S/C16H35N5.HI/c1-5-15-9-7-8-12-21(15)14-11-19-16(17-3)18-10-13-20(4)6-2;/h15H,5-14H2,1-4H3,(H2,17,18,19);1H. The van der Waals surface area contributed by atoms with Crippen molar-refractivity contribution in [2.24, 2.45) is 4.99 Å². The van der Waals surface area contributed by atoms with Crippen LogP contribution in [0.3, 0.4) is 0 Å². The van der Waals surface area contributed by atoms with Gasteiger partial charge in [0, 0.05) is 39.3 Å². The average Bonchev–Trinajstić information content (AvgIpc) is 2.53. The first-order chi connectivity index (χ1) is 10.2. The summed E-state index contributed by atoms with van der Waals surface area (Å²) in [4.78, 5) is 9.22. The molecule has 0 spiro atoms. The monoisotopic (exact) mass is 425 g/mol. The van der Waals surface area contributed by atoms with E-state index in [1.54, 1.807) is 0 Å². The normalized spacial score (nSPS) is 19.9. The molecule has 1 rings (SSSR count). The van der Waals surface area contributed by atoms with Crippen LogP contribution in [0.5, 0.6) is 0 Å². The third-order valence-corrected chi connectivity index (χ3v) is 4.46. The lowest BCUT2D eigenvalue weighted by Gasteiger charge is -2.35. The molecular formula is C16H36IN5. The van der Waals surface area contributed by atoms with Crippen molar-refractivity contribution in [2.45, 2.75) is 45.6 Å². The molecule has 5 nitrogen and oxygen atoms in total. The number of likely N-dealkylation sites (tertiary alicyclic amines) is 1. The van der Waals surface area contributed by atoms with E-state index in [4.69, 9.17) is 0 Å². The first-order valence-corrected chi connectivity index (χ1v) is 8.58. The van der Waals surface area contributed by atoms with Crippen LogP contribution in [-0.4, -0.2) is 75.2 Å². The first kappa shape index (κ1) is 21.9. The van der Waals surface area contributed by atoms with E-state index in [-0.39, 0.29) is 24.0 Å². The Morgan fingerprint density at radius 1 is 1.23 bits per heavy atom. The lowest BCUT2D eigenvalue weighted by molar-refractivity contribution is 0.147. The van der Waals surface area contributed by atoms with Gasteiger partial charge in [0.15, 0.2) is 5.96 Å². The van der Waals surface area contributed by atoms with Gasteiger partial charge in [-0.1, -0.05) is 20.3 Å². The van der Waals surface area contributed by atoms with Gasteiger partial charge in [-0.15, -0.1) is 24.0 Å². The summed E-state index contributed by atoms with van der Waals surface area (Å²) in [5, 5.41) is 6.81. The van der Waals surface area contributed by atoms with E-state index in [2.05, 4.69) is 46.3 Å². The zero-order chi connectivity index (χ0) is 15.5. The van der Waals surface area contributed by atoms with E-state index >= 15 is 0 Å². The molecule has 1 atom stereocenters. The van der Waals surface area contributed by atoms with Crippen LogP contribution in [0.2, 0.25) is 0 Å². The van der Waals surface area contributed by atoms with E-state index in [1.807, 2.05) is 7.05 Å². The molecule has 0 bridgehead atoms. The fourth-order valence-corrected chi connectivity index (χ4v) is 2.88. The second-order valence-corrected chi connectivity index (χ2v) is 5.92. The van der Waals surface area contributed by atoms with Gasteiger partial charge in [-0.05, 0) is 39.4 Å². The molecule has 0 aromatic heterocycles. The minimum atomic E-state index is 0. The van der Waals surface area contributed by atoms with Crippen molar-refractivity contribution in [1.29, 1.82) is 0 Å². The van der Waals surface area contributed by atoms with Crippen molar-refractivity contribution in [3.8, 4) is 0 Å². The Morgan fingerprint density at radius 2 is 1.95 bits per heavy atom.